The molecule has 0 aliphatic carbocycles. The SMILES string of the molecule is CC(C)Oc1ccc(C(Cl)C2C(C)OC(C)C2C)cc1. The van der Waals surface area contributed by atoms with Crippen LogP contribution in [0.4, 0.5) is 0 Å². The summed E-state index contributed by atoms with van der Waals surface area (Å²) in [6, 6.07) is 8.13. The maximum atomic E-state index is 6.70. The molecule has 0 radical (unpaired) electrons. The van der Waals surface area contributed by atoms with E-state index in [1.165, 1.54) is 0 Å². The van der Waals surface area contributed by atoms with Gasteiger partial charge in [-0.15, -0.1) is 11.6 Å². The van der Waals surface area contributed by atoms with Gasteiger partial charge >= 0.3 is 0 Å². The van der Waals surface area contributed by atoms with E-state index >= 15 is 0 Å². The summed E-state index contributed by atoms with van der Waals surface area (Å²) in [5, 5.41) is -0.0157. The van der Waals surface area contributed by atoms with E-state index in [9.17, 15) is 0 Å². The van der Waals surface area contributed by atoms with E-state index in [1.807, 2.05) is 26.0 Å². The van der Waals surface area contributed by atoms with E-state index in [2.05, 4.69) is 32.9 Å². The molecule has 1 aliphatic heterocycles. The molecule has 0 bridgehead atoms. The second-order valence-electron chi connectivity index (χ2n) is 6.12. The average Bonchev–Trinajstić information content (AvgIpc) is 2.63. The molecule has 1 saturated heterocycles. The van der Waals surface area contributed by atoms with Crippen molar-refractivity contribution < 1.29 is 9.47 Å². The summed E-state index contributed by atoms with van der Waals surface area (Å²) < 4.78 is 11.6. The first kappa shape index (κ1) is 15.7. The maximum Gasteiger partial charge on any atom is 0.119 e. The Morgan fingerprint density at radius 1 is 1.05 bits per heavy atom. The van der Waals surface area contributed by atoms with Gasteiger partial charge in [0.05, 0.1) is 23.7 Å². The van der Waals surface area contributed by atoms with Crippen molar-refractivity contribution in [3.05, 3.63) is 29.8 Å². The van der Waals surface area contributed by atoms with E-state index in [1.54, 1.807) is 0 Å². The molecule has 2 rings (SSSR count). The average molecular weight is 297 g/mol. The van der Waals surface area contributed by atoms with Crippen molar-refractivity contribution in [3.8, 4) is 5.75 Å². The lowest BCUT2D eigenvalue weighted by molar-refractivity contribution is 0.0508. The number of hydrogen-bond acceptors (Lipinski definition) is 2. The van der Waals surface area contributed by atoms with Gasteiger partial charge in [0.25, 0.3) is 0 Å². The van der Waals surface area contributed by atoms with Gasteiger partial charge in [-0.05, 0) is 51.3 Å². The molecule has 1 fully saturated rings. The quantitative estimate of drug-likeness (QED) is 0.742. The molecule has 0 spiro atoms. The Morgan fingerprint density at radius 3 is 2.10 bits per heavy atom. The minimum absolute atomic E-state index is 0.0157. The molecular formula is C17H25ClO2. The Kier molecular flexibility index (Phi) is 4.98. The normalized spacial score (nSPS) is 31.6. The molecule has 0 N–H and O–H groups in total. The number of alkyl halides is 1. The van der Waals surface area contributed by atoms with Crippen LogP contribution in [0.25, 0.3) is 0 Å². The largest absolute Gasteiger partial charge is 0.491 e. The highest BCUT2D eigenvalue weighted by atomic mass is 35.5. The molecule has 112 valence electrons. The minimum Gasteiger partial charge on any atom is -0.491 e. The van der Waals surface area contributed by atoms with Gasteiger partial charge in [0.1, 0.15) is 5.75 Å². The highest BCUT2D eigenvalue weighted by molar-refractivity contribution is 6.21. The van der Waals surface area contributed by atoms with Gasteiger partial charge in [0.15, 0.2) is 0 Å². The molecule has 1 aliphatic rings. The van der Waals surface area contributed by atoms with Gasteiger partial charge in [-0.25, -0.2) is 0 Å². The van der Waals surface area contributed by atoms with Crippen LogP contribution in [0.3, 0.4) is 0 Å². The van der Waals surface area contributed by atoms with Gasteiger partial charge in [0, 0.05) is 5.92 Å². The summed E-state index contributed by atoms with van der Waals surface area (Å²) in [6.45, 7) is 10.5. The van der Waals surface area contributed by atoms with Gasteiger partial charge in [0.2, 0.25) is 0 Å². The molecule has 3 heteroatoms. The van der Waals surface area contributed by atoms with Crippen LogP contribution in [-0.4, -0.2) is 18.3 Å². The van der Waals surface area contributed by atoms with Gasteiger partial charge in [-0.3, -0.25) is 0 Å². The number of rotatable bonds is 4. The van der Waals surface area contributed by atoms with E-state index in [-0.39, 0.29) is 23.7 Å². The zero-order chi connectivity index (χ0) is 14.9. The second-order valence-corrected chi connectivity index (χ2v) is 6.59. The van der Waals surface area contributed by atoms with Crippen LogP contribution in [0.2, 0.25) is 0 Å². The third-order valence-corrected chi connectivity index (χ3v) is 4.77. The molecule has 1 heterocycles. The van der Waals surface area contributed by atoms with Crippen molar-refractivity contribution in [2.75, 3.05) is 0 Å². The zero-order valence-corrected chi connectivity index (χ0v) is 13.7. The van der Waals surface area contributed by atoms with Crippen molar-refractivity contribution >= 4 is 11.6 Å². The molecule has 1 aromatic carbocycles. The number of halogens is 1. The van der Waals surface area contributed by atoms with E-state index in [4.69, 9.17) is 21.1 Å². The number of hydrogen-bond donors (Lipinski definition) is 0. The topological polar surface area (TPSA) is 18.5 Å². The molecule has 2 nitrogen and oxygen atoms in total. The lowest BCUT2D eigenvalue weighted by atomic mass is 9.84. The van der Waals surface area contributed by atoms with Gasteiger partial charge < -0.3 is 9.47 Å². The number of ether oxygens (including phenoxy) is 2. The Hall–Kier alpha value is -0.730. The highest BCUT2D eigenvalue weighted by Crippen LogP contribution is 2.44. The predicted octanol–water partition coefficient (Wildman–Crippen LogP) is 4.81. The second kappa shape index (κ2) is 6.36. The Bertz CT molecular complexity index is 429. The smallest absolute Gasteiger partial charge is 0.119 e. The van der Waals surface area contributed by atoms with Crippen LogP contribution in [0, 0.1) is 11.8 Å². The van der Waals surface area contributed by atoms with Crippen molar-refractivity contribution in [2.24, 2.45) is 11.8 Å². The molecule has 5 atom stereocenters. The monoisotopic (exact) mass is 296 g/mol. The van der Waals surface area contributed by atoms with Crippen LogP contribution < -0.4 is 4.74 Å². The van der Waals surface area contributed by atoms with Crippen molar-refractivity contribution in [1.82, 2.24) is 0 Å². The predicted molar refractivity (Wildman–Crippen MR) is 83.5 cm³/mol. The van der Waals surface area contributed by atoms with Crippen LogP contribution in [0.1, 0.15) is 45.6 Å². The van der Waals surface area contributed by atoms with Crippen molar-refractivity contribution in [3.63, 3.8) is 0 Å². The van der Waals surface area contributed by atoms with Gasteiger partial charge in [-0.2, -0.15) is 0 Å². The van der Waals surface area contributed by atoms with Crippen LogP contribution in [-0.2, 0) is 4.74 Å². The Morgan fingerprint density at radius 2 is 1.65 bits per heavy atom. The van der Waals surface area contributed by atoms with E-state index in [0.29, 0.717) is 11.8 Å². The Balaban J connectivity index is 2.11. The standard InChI is InChI=1S/C17H25ClO2/c1-10(2)19-15-8-6-14(7-9-15)17(18)16-11(3)12(4)20-13(16)5/h6-13,16-17H,1-5H3. The lowest BCUT2D eigenvalue weighted by Gasteiger charge is -2.24. The van der Waals surface area contributed by atoms with Crippen molar-refractivity contribution in [2.45, 2.75) is 58.3 Å². The summed E-state index contributed by atoms with van der Waals surface area (Å²) in [5.74, 6) is 1.72. The fraction of sp³-hybridized carbons (Fsp3) is 0.647. The Labute approximate surface area is 127 Å². The van der Waals surface area contributed by atoms with E-state index in [0.717, 1.165) is 11.3 Å². The molecule has 0 amide bonds. The minimum atomic E-state index is -0.0157. The third kappa shape index (κ3) is 3.29. The first-order chi connectivity index (χ1) is 9.40. The fourth-order valence-corrected chi connectivity index (χ4v) is 3.60. The van der Waals surface area contributed by atoms with Crippen LogP contribution in [0.5, 0.6) is 5.75 Å². The first-order valence-electron chi connectivity index (χ1n) is 7.46. The van der Waals surface area contributed by atoms with E-state index < -0.39 is 0 Å². The van der Waals surface area contributed by atoms with Gasteiger partial charge in [-0.1, -0.05) is 19.1 Å². The molecule has 0 aromatic heterocycles. The maximum absolute atomic E-state index is 6.70. The zero-order valence-electron chi connectivity index (χ0n) is 13.0. The molecular weight excluding hydrogens is 272 g/mol. The lowest BCUT2D eigenvalue weighted by Crippen LogP contribution is -2.22. The molecule has 5 unspecified atom stereocenters. The van der Waals surface area contributed by atoms with Crippen LogP contribution >= 0.6 is 11.6 Å². The summed E-state index contributed by atoms with van der Waals surface area (Å²) in [7, 11) is 0. The molecule has 0 saturated carbocycles. The molecule has 1 aromatic rings. The van der Waals surface area contributed by atoms with Crippen LogP contribution in [0.15, 0.2) is 24.3 Å². The summed E-state index contributed by atoms with van der Waals surface area (Å²) in [6.07, 6.45) is 0.672. The number of benzene rings is 1. The summed E-state index contributed by atoms with van der Waals surface area (Å²) in [5.41, 5.74) is 1.14. The van der Waals surface area contributed by atoms with Crippen molar-refractivity contribution in [1.29, 1.82) is 0 Å². The summed E-state index contributed by atoms with van der Waals surface area (Å²) >= 11 is 6.70. The highest BCUT2D eigenvalue weighted by Gasteiger charge is 2.41. The third-order valence-electron chi connectivity index (χ3n) is 4.23. The summed E-state index contributed by atoms with van der Waals surface area (Å²) in [4.78, 5) is 0. The first-order valence-corrected chi connectivity index (χ1v) is 7.90. The fourth-order valence-electron chi connectivity index (χ4n) is 3.02. The molecule has 20 heavy (non-hydrogen) atoms.